The van der Waals surface area contributed by atoms with Gasteiger partial charge in [-0.3, -0.25) is 0 Å². The zero-order valence-corrected chi connectivity index (χ0v) is 12.4. The van der Waals surface area contributed by atoms with Gasteiger partial charge in [0.1, 0.15) is 0 Å². The van der Waals surface area contributed by atoms with Crippen molar-refractivity contribution < 1.29 is 9.90 Å². The number of carboxylic acid groups (broad SMARTS) is 1. The molecule has 0 fully saturated rings. The van der Waals surface area contributed by atoms with Crippen LogP contribution in [0.15, 0.2) is 30.5 Å². The first-order valence-corrected chi connectivity index (χ1v) is 7.20. The number of fused-ring (bicyclic) bond motifs is 1. The molecule has 0 amide bonds. The van der Waals surface area contributed by atoms with Gasteiger partial charge in [-0.15, -0.1) is 0 Å². The number of hydrogen-bond acceptors (Lipinski definition) is 3. The lowest BCUT2D eigenvalue weighted by Gasteiger charge is -2.31. The van der Waals surface area contributed by atoms with Gasteiger partial charge in [-0.05, 0) is 37.5 Å². The van der Waals surface area contributed by atoms with E-state index >= 15 is 0 Å². The fourth-order valence-corrected chi connectivity index (χ4v) is 2.96. The number of nitrogens with zero attached hydrogens (tertiary/aromatic N) is 2. The molecular weight excluding hydrogens is 288 g/mol. The molecule has 0 atom stereocenters. The fourth-order valence-electron chi connectivity index (χ4n) is 2.69. The Morgan fingerprint density at radius 2 is 2.19 bits per heavy atom. The first kappa shape index (κ1) is 13.9. The van der Waals surface area contributed by atoms with E-state index in [1.165, 1.54) is 23.4 Å². The third kappa shape index (κ3) is 2.59. The zero-order chi connectivity index (χ0) is 15.0. The molecule has 2 aromatic rings. The molecule has 3 rings (SSSR count). The smallest absolute Gasteiger partial charge is 0.337 e. The van der Waals surface area contributed by atoms with Crippen LogP contribution in [0.3, 0.4) is 0 Å². The normalized spacial score (nSPS) is 13.9. The molecule has 1 aliphatic heterocycles. The second-order valence-corrected chi connectivity index (χ2v) is 5.63. The van der Waals surface area contributed by atoms with E-state index in [9.17, 15) is 4.79 Å². The first-order chi connectivity index (χ1) is 10.1. The van der Waals surface area contributed by atoms with Crippen molar-refractivity contribution in [2.75, 3.05) is 11.4 Å². The number of aromatic nitrogens is 1. The number of anilines is 2. The third-order valence-electron chi connectivity index (χ3n) is 3.68. The number of carboxylic acids is 1. The quantitative estimate of drug-likeness (QED) is 0.916. The third-order valence-corrected chi connectivity index (χ3v) is 3.96. The average Bonchev–Trinajstić information content (AvgIpc) is 2.46. The summed E-state index contributed by atoms with van der Waals surface area (Å²) in [6.45, 7) is 2.90. The lowest BCUT2D eigenvalue weighted by Crippen LogP contribution is -2.25. The van der Waals surface area contributed by atoms with Crippen LogP contribution in [0.2, 0.25) is 5.02 Å². The lowest BCUT2D eigenvalue weighted by atomic mass is 9.99. The molecule has 0 saturated heterocycles. The number of aryl methyl sites for hydroxylation is 2. The number of pyridine rings is 1. The van der Waals surface area contributed by atoms with Crippen LogP contribution in [-0.2, 0) is 6.42 Å². The molecule has 21 heavy (non-hydrogen) atoms. The number of benzene rings is 1. The van der Waals surface area contributed by atoms with Crippen molar-refractivity contribution in [3.05, 3.63) is 52.2 Å². The zero-order valence-electron chi connectivity index (χ0n) is 11.6. The summed E-state index contributed by atoms with van der Waals surface area (Å²) in [6.07, 6.45) is 3.42. The predicted molar refractivity (Wildman–Crippen MR) is 82.7 cm³/mol. The van der Waals surface area contributed by atoms with E-state index < -0.39 is 5.97 Å². The van der Waals surface area contributed by atoms with Crippen molar-refractivity contribution in [1.82, 2.24) is 4.98 Å². The summed E-state index contributed by atoms with van der Waals surface area (Å²) < 4.78 is 0. The highest BCUT2D eigenvalue weighted by Crippen LogP contribution is 2.36. The van der Waals surface area contributed by atoms with Crippen LogP contribution in [0, 0.1) is 6.92 Å². The van der Waals surface area contributed by atoms with Crippen LogP contribution < -0.4 is 4.90 Å². The molecule has 2 heterocycles. The van der Waals surface area contributed by atoms with Crippen LogP contribution in [0.1, 0.15) is 27.9 Å². The van der Waals surface area contributed by atoms with Crippen molar-refractivity contribution >= 4 is 29.1 Å². The molecule has 0 spiro atoms. The van der Waals surface area contributed by atoms with E-state index in [-0.39, 0.29) is 5.56 Å². The Kier molecular flexibility index (Phi) is 3.55. The average molecular weight is 303 g/mol. The molecule has 0 aliphatic carbocycles. The summed E-state index contributed by atoms with van der Waals surface area (Å²) in [4.78, 5) is 17.3. The highest BCUT2D eigenvalue weighted by Gasteiger charge is 2.22. The van der Waals surface area contributed by atoms with Gasteiger partial charge >= 0.3 is 5.97 Å². The second-order valence-electron chi connectivity index (χ2n) is 5.22. The number of halogens is 1. The maximum absolute atomic E-state index is 11.0. The topological polar surface area (TPSA) is 53.4 Å². The molecule has 108 valence electrons. The van der Waals surface area contributed by atoms with Gasteiger partial charge < -0.3 is 10.0 Å². The van der Waals surface area contributed by atoms with Gasteiger partial charge in [-0.2, -0.15) is 0 Å². The Hall–Kier alpha value is -2.07. The molecule has 1 aromatic carbocycles. The molecule has 1 N–H and O–H groups in total. The Morgan fingerprint density at radius 3 is 2.90 bits per heavy atom. The Bertz CT molecular complexity index is 715. The van der Waals surface area contributed by atoms with Gasteiger partial charge in [0.25, 0.3) is 0 Å². The lowest BCUT2D eigenvalue weighted by molar-refractivity contribution is 0.0696. The van der Waals surface area contributed by atoms with Crippen molar-refractivity contribution in [2.45, 2.75) is 19.8 Å². The molecule has 1 aromatic heterocycles. The summed E-state index contributed by atoms with van der Waals surface area (Å²) in [5.41, 5.74) is 3.71. The van der Waals surface area contributed by atoms with E-state index in [0.29, 0.717) is 10.8 Å². The van der Waals surface area contributed by atoms with Crippen LogP contribution in [0.5, 0.6) is 0 Å². The van der Waals surface area contributed by atoms with E-state index in [1.807, 2.05) is 0 Å². The minimum atomic E-state index is -1.02. The summed E-state index contributed by atoms with van der Waals surface area (Å²) in [7, 11) is 0. The Morgan fingerprint density at radius 1 is 1.38 bits per heavy atom. The van der Waals surface area contributed by atoms with Crippen molar-refractivity contribution in [1.29, 1.82) is 0 Å². The van der Waals surface area contributed by atoms with Crippen LogP contribution >= 0.6 is 11.6 Å². The van der Waals surface area contributed by atoms with Gasteiger partial charge in [0.2, 0.25) is 0 Å². The predicted octanol–water partition coefficient (Wildman–Crippen LogP) is 3.83. The highest BCUT2D eigenvalue weighted by molar-refractivity contribution is 6.33. The maximum Gasteiger partial charge on any atom is 0.337 e. The standard InChI is InChI=1S/C16H15ClN2O2/c1-10-4-5-14-11(7-10)3-2-6-19(14)15-13(17)8-12(9-18-15)16(20)21/h4-5,7-9H,2-3,6H2,1H3,(H,20,21). The maximum atomic E-state index is 11.0. The monoisotopic (exact) mass is 302 g/mol. The van der Waals surface area contributed by atoms with Crippen LogP contribution in [-0.4, -0.2) is 22.6 Å². The van der Waals surface area contributed by atoms with Gasteiger partial charge in [-0.1, -0.05) is 29.3 Å². The fraction of sp³-hybridized carbons (Fsp3) is 0.250. The molecule has 0 unspecified atom stereocenters. The Balaban J connectivity index is 2.05. The Labute approximate surface area is 128 Å². The number of carbonyl (C=O) groups is 1. The number of hydrogen-bond donors (Lipinski definition) is 1. The van der Waals surface area contributed by atoms with E-state index in [2.05, 4.69) is 35.0 Å². The van der Waals surface area contributed by atoms with Gasteiger partial charge in [-0.25, -0.2) is 9.78 Å². The highest BCUT2D eigenvalue weighted by atomic mass is 35.5. The molecule has 0 saturated carbocycles. The molecule has 0 radical (unpaired) electrons. The molecular formula is C16H15ClN2O2. The molecule has 1 aliphatic rings. The summed E-state index contributed by atoms with van der Waals surface area (Å²) >= 11 is 6.24. The van der Waals surface area contributed by atoms with E-state index in [1.54, 1.807) is 0 Å². The summed E-state index contributed by atoms with van der Waals surface area (Å²) in [6, 6.07) is 7.78. The molecule has 0 bridgehead atoms. The van der Waals surface area contributed by atoms with Crippen molar-refractivity contribution in [2.24, 2.45) is 0 Å². The molecule has 4 nitrogen and oxygen atoms in total. The van der Waals surface area contributed by atoms with Crippen LogP contribution in [0.25, 0.3) is 0 Å². The second kappa shape index (κ2) is 5.37. The van der Waals surface area contributed by atoms with Crippen molar-refractivity contribution in [3.63, 3.8) is 0 Å². The van der Waals surface area contributed by atoms with Gasteiger partial charge in [0.05, 0.1) is 10.6 Å². The van der Waals surface area contributed by atoms with E-state index in [0.717, 1.165) is 25.1 Å². The summed E-state index contributed by atoms with van der Waals surface area (Å²) in [5.74, 6) is -0.405. The number of rotatable bonds is 2. The van der Waals surface area contributed by atoms with Gasteiger partial charge in [0, 0.05) is 18.4 Å². The van der Waals surface area contributed by atoms with E-state index in [4.69, 9.17) is 16.7 Å². The first-order valence-electron chi connectivity index (χ1n) is 6.82. The minimum absolute atomic E-state index is 0.102. The molecule has 5 heteroatoms. The number of aromatic carboxylic acids is 1. The minimum Gasteiger partial charge on any atom is -0.478 e. The van der Waals surface area contributed by atoms with Crippen molar-refractivity contribution in [3.8, 4) is 0 Å². The summed E-state index contributed by atoms with van der Waals surface area (Å²) in [5, 5.41) is 9.35. The SMILES string of the molecule is Cc1ccc2c(c1)CCCN2c1ncc(C(=O)O)cc1Cl. The van der Waals surface area contributed by atoms with Crippen LogP contribution in [0.4, 0.5) is 11.5 Å². The van der Waals surface area contributed by atoms with Gasteiger partial charge in [0.15, 0.2) is 5.82 Å². The largest absolute Gasteiger partial charge is 0.478 e.